The number of ether oxygens (including phenoxy) is 1. The molecule has 0 unspecified atom stereocenters. The molecule has 0 aromatic heterocycles. The van der Waals surface area contributed by atoms with Gasteiger partial charge in [0.1, 0.15) is 11.6 Å². The van der Waals surface area contributed by atoms with E-state index in [-0.39, 0.29) is 5.82 Å². The molecule has 0 spiro atoms. The van der Waals surface area contributed by atoms with E-state index < -0.39 is 10.8 Å². The molecule has 1 atom stereocenters. The average molecular weight is 292 g/mol. The number of benzene rings is 2. The summed E-state index contributed by atoms with van der Waals surface area (Å²) in [7, 11) is -0.873. The molecule has 0 bridgehead atoms. The fourth-order valence-corrected chi connectivity index (χ4v) is 2.92. The van der Waals surface area contributed by atoms with Crippen LogP contribution in [0.5, 0.6) is 5.75 Å². The number of rotatable bonds is 7. The monoisotopic (exact) mass is 292 g/mol. The van der Waals surface area contributed by atoms with Gasteiger partial charge in [-0.05, 0) is 36.2 Å². The molecule has 0 saturated carbocycles. The molecule has 0 aliphatic carbocycles. The van der Waals surface area contributed by atoms with Gasteiger partial charge < -0.3 is 4.74 Å². The first-order valence-electron chi connectivity index (χ1n) is 6.51. The van der Waals surface area contributed by atoms with Gasteiger partial charge in [0.2, 0.25) is 0 Å². The largest absolute Gasteiger partial charge is 0.494 e. The molecule has 0 amide bonds. The Balaban J connectivity index is 1.66. The van der Waals surface area contributed by atoms with Crippen LogP contribution in [-0.4, -0.2) is 16.6 Å². The third-order valence-corrected chi connectivity index (χ3v) is 4.17. The second-order valence-electron chi connectivity index (χ2n) is 4.43. The van der Waals surface area contributed by atoms with Crippen LogP contribution in [0.4, 0.5) is 4.39 Å². The molecule has 0 heterocycles. The Morgan fingerprint density at radius 3 is 2.40 bits per heavy atom. The van der Waals surface area contributed by atoms with Crippen molar-refractivity contribution in [1.29, 1.82) is 0 Å². The second kappa shape index (κ2) is 7.80. The normalized spacial score (nSPS) is 12.1. The molecule has 0 aliphatic rings. The summed E-state index contributed by atoms with van der Waals surface area (Å²) in [6.07, 6.45) is 0.719. The zero-order chi connectivity index (χ0) is 14.2. The van der Waals surface area contributed by atoms with E-state index in [1.54, 1.807) is 12.1 Å². The molecular weight excluding hydrogens is 275 g/mol. The fraction of sp³-hybridized carbons (Fsp3) is 0.250. The topological polar surface area (TPSA) is 26.3 Å². The number of hydrogen-bond acceptors (Lipinski definition) is 2. The van der Waals surface area contributed by atoms with Crippen LogP contribution in [0.25, 0.3) is 0 Å². The minimum absolute atomic E-state index is 0.277. The van der Waals surface area contributed by atoms with Crippen molar-refractivity contribution in [3.05, 3.63) is 66.0 Å². The molecule has 106 valence electrons. The maximum atomic E-state index is 12.7. The highest BCUT2D eigenvalue weighted by Crippen LogP contribution is 2.11. The van der Waals surface area contributed by atoms with Gasteiger partial charge >= 0.3 is 0 Å². The van der Waals surface area contributed by atoms with Gasteiger partial charge in [-0.1, -0.05) is 30.3 Å². The third-order valence-electron chi connectivity index (χ3n) is 2.77. The van der Waals surface area contributed by atoms with Crippen LogP contribution >= 0.6 is 0 Å². The van der Waals surface area contributed by atoms with Crippen molar-refractivity contribution in [3.63, 3.8) is 0 Å². The quantitative estimate of drug-likeness (QED) is 0.730. The lowest BCUT2D eigenvalue weighted by Gasteiger charge is -2.06. The van der Waals surface area contributed by atoms with E-state index in [0.29, 0.717) is 23.9 Å². The molecular formula is C16H17FO2S. The Kier molecular flexibility index (Phi) is 5.74. The standard InChI is InChI=1S/C16H17FO2S/c17-15-7-9-16(10-8-15)19-11-4-12-20(18)13-14-5-2-1-3-6-14/h1-3,5-10H,4,11-13H2/t20-/m1/s1. The molecule has 2 rings (SSSR count). The molecule has 2 nitrogen and oxygen atoms in total. The molecule has 2 aromatic carbocycles. The summed E-state index contributed by atoms with van der Waals surface area (Å²) in [5.74, 6) is 1.55. The van der Waals surface area contributed by atoms with Crippen LogP contribution in [0.1, 0.15) is 12.0 Å². The number of halogens is 1. The van der Waals surface area contributed by atoms with Crippen molar-refractivity contribution in [2.45, 2.75) is 12.2 Å². The first-order chi connectivity index (χ1) is 9.74. The Bertz CT molecular complexity index is 540. The molecule has 0 fully saturated rings. The molecule has 0 aliphatic heterocycles. The van der Waals surface area contributed by atoms with Crippen LogP contribution in [0.3, 0.4) is 0 Å². The fourth-order valence-electron chi connectivity index (χ4n) is 1.77. The minimum Gasteiger partial charge on any atom is -0.494 e. The van der Waals surface area contributed by atoms with E-state index in [0.717, 1.165) is 12.0 Å². The van der Waals surface area contributed by atoms with Crippen molar-refractivity contribution >= 4 is 10.8 Å². The Hall–Kier alpha value is -1.68. The summed E-state index contributed by atoms with van der Waals surface area (Å²) < 4.78 is 30.0. The van der Waals surface area contributed by atoms with Crippen LogP contribution in [0.15, 0.2) is 54.6 Å². The van der Waals surface area contributed by atoms with Crippen molar-refractivity contribution in [3.8, 4) is 5.75 Å². The zero-order valence-electron chi connectivity index (χ0n) is 11.1. The summed E-state index contributed by atoms with van der Waals surface area (Å²) in [4.78, 5) is 0. The van der Waals surface area contributed by atoms with E-state index in [2.05, 4.69) is 0 Å². The van der Waals surface area contributed by atoms with Crippen LogP contribution in [-0.2, 0) is 16.6 Å². The smallest absolute Gasteiger partial charge is 0.123 e. The molecule has 2 aromatic rings. The van der Waals surface area contributed by atoms with Crippen molar-refractivity contribution in [2.24, 2.45) is 0 Å². The maximum absolute atomic E-state index is 12.7. The first kappa shape index (κ1) is 14.7. The second-order valence-corrected chi connectivity index (χ2v) is 6.01. The van der Waals surface area contributed by atoms with Crippen LogP contribution in [0, 0.1) is 5.82 Å². The highest BCUT2D eigenvalue weighted by molar-refractivity contribution is 7.84. The molecule has 4 heteroatoms. The van der Waals surface area contributed by atoms with Crippen LogP contribution in [0.2, 0.25) is 0 Å². The van der Waals surface area contributed by atoms with E-state index in [9.17, 15) is 8.60 Å². The van der Waals surface area contributed by atoms with Crippen molar-refractivity contribution < 1.29 is 13.3 Å². The van der Waals surface area contributed by atoms with E-state index in [1.165, 1.54) is 12.1 Å². The molecule has 0 radical (unpaired) electrons. The molecule has 0 N–H and O–H groups in total. The van der Waals surface area contributed by atoms with Crippen LogP contribution < -0.4 is 4.74 Å². The SMILES string of the molecule is O=[S@](CCCOc1ccc(F)cc1)Cc1ccccc1. The van der Waals surface area contributed by atoms with Gasteiger partial charge in [0.05, 0.1) is 6.61 Å². The van der Waals surface area contributed by atoms with E-state index in [1.807, 2.05) is 30.3 Å². The minimum atomic E-state index is -0.873. The third kappa shape index (κ3) is 5.13. The summed E-state index contributed by atoms with van der Waals surface area (Å²) >= 11 is 0. The zero-order valence-corrected chi connectivity index (χ0v) is 11.9. The summed E-state index contributed by atoms with van der Waals surface area (Å²) in [5, 5.41) is 0. The Labute approximate surface area is 121 Å². The summed E-state index contributed by atoms with van der Waals surface area (Å²) in [6, 6.07) is 15.7. The van der Waals surface area contributed by atoms with Crippen molar-refractivity contribution in [1.82, 2.24) is 0 Å². The predicted molar refractivity (Wildman–Crippen MR) is 79.7 cm³/mol. The van der Waals surface area contributed by atoms with Gasteiger partial charge in [-0.2, -0.15) is 0 Å². The van der Waals surface area contributed by atoms with Gasteiger partial charge in [-0.15, -0.1) is 0 Å². The lowest BCUT2D eigenvalue weighted by molar-refractivity contribution is 0.318. The van der Waals surface area contributed by atoms with E-state index in [4.69, 9.17) is 4.74 Å². The van der Waals surface area contributed by atoms with Gasteiger partial charge in [0.15, 0.2) is 0 Å². The highest BCUT2D eigenvalue weighted by Gasteiger charge is 2.02. The Morgan fingerprint density at radius 1 is 1.00 bits per heavy atom. The number of hydrogen-bond donors (Lipinski definition) is 0. The highest BCUT2D eigenvalue weighted by atomic mass is 32.2. The lowest BCUT2D eigenvalue weighted by Crippen LogP contribution is -2.06. The Morgan fingerprint density at radius 2 is 1.70 bits per heavy atom. The van der Waals surface area contributed by atoms with E-state index >= 15 is 0 Å². The maximum Gasteiger partial charge on any atom is 0.123 e. The summed E-state index contributed by atoms with van der Waals surface area (Å²) in [5.41, 5.74) is 1.09. The molecule has 20 heavy (non-hydrogen) atoms. The predicted octanol–water partition coefficient (Wildman–Crippen LogP) is 3.54. The van der Waals surface area contributed by atoms with Gasteiger partial charge in [-0.3, -0.25) is 4.21 Å². The summed E-state index contributed by atoms with van der Waals surface area (Å²) in [6.45, 7) is 0.492. The van der Waals surface area contributed by atoms with Gasteiger partial charge in [0, 0.05) is 22.3 Å². The van der Waals surface area contributed by atoms with Gasteiger partial charge in [0.25, 0.3) is 0 Å². The van der Waals surface area contributed by atoms with Crippen molar-refractivity contribution in [2.75, 3.05) is 12.4 Å². The average Bonchev–Trinajstić information content (AvgIpc) is 2.46. The molecule has 0 saturated heterocycles. The first-order valence-corrected chi connectivity index (χ1v) is 8.00. The van der Waals surface area contributed by atoms with Gasteiger partial charge in [-0.25, -0.2) is 4.39 Å². The lowest BCUT2D eigenvalue weighted by atomic mass is 10.2.